The van der Waals surface area contributed by atoms with Gasteiger partial charge in [-0.3, -0.25) is 0 Å². The van der Waals surface area contributed by atoms with Crippen LogP contribution >= 0.6 is 0 Å². The van der Waals surface area contributed by atoms with E-state index < -0.39 is 0 Å². The van der Waals surface area contributed by atoms with Gasteiger partial charge < -0.3 is 0 Å². The predicted molar refractivity (Wildman–Crippen MR) is 36.7 cm³/mol. The first-order valence-electron chi connectivity index (χ1n) is 3.20. The Balaban J connectivity index is 2.84. The summed E-state index contributed by atoms with van der Waals surface area (Å²) in [5.41, 5.74) is 0.441. The van der Waals surface area contributed by atoms with Gasteiger partial charge in [-0.15, -0.1) is 0 Å². The molecule has 0 aromatic rings. The molecule has 0 heterocycles. The van der Waals surface area contributed by atoms with E-state index in [9.17, 15) is 4.39 Å². The second kappa shape index (κ2) is 2.66. The van der Waals surface area contributed by atoms with Gasteiger partial charge in [-0.2, -0.15) is 5.26 Å². The molecule has 1 nitrogen and oxygen atoms in total. The molecule has 0 spiro atoms. The number of hydrogen-bond donors (Lipinski definition) is 0. The monoisotopic (exact) mass is 137 g/mol. The van der Waals surface area contributed by atoms with Gasteiger partial charge in [0.05, 0.1) is 11.6 Å². The lowest BCUT2D eigenvalue weighted by Gasteiger charge is -2.08. The number of allylic oxidation sites excluding steroid dienone is 4. The Labute approximate surface area is 59.5 Å². The Morgan fingerprint density at radius 2 is 2.50 bits per heavy atom. The van der Waals surface area contributed by atoms with Crippen LogP contribution in [-0.4, -0.2) is 0 Å². The third kappa shape index (κ3) is 1.44. The topological polar surface area (TPSA) is 23.8 Å². The molecular weight excluding hydrogens is 129 g/mol. The van der Waals surface area contributed by atoms with E-state index in [4.69, 9.17) is 5.26 Å². The minimum Gasteiger partial charge on any atom is -0.212 e. The Hall–Kier alpha value is -1.10. The summed E-state index contributed by atoms with van der Waals surface area (Å²) in [7, 11) is 0. The third-order valence-electron chi connectivity index (χ3n) is 1.42. The quantitative estimate of drug-likeness (QED) is 0.502. The van der Waals surface area contributed by atoms with Crippen molar-refractivity contribution >= 4 is 0 Å². The summed E-state index contributed by atoms with van der Waals surface area (Å²) in [5.74, 6) is -0.0220. The van der Waals surface area contributed by atoms with Gasteiger partial charge in [-0.05, 0) is 12.0 Å². The lowest BCUT2D eigenvalue weighted by Crippen LogP contribution is -1.97. The van der Waals surface area contributed by atoms with Gasteiger partial charge in [0.1, 0.15) is 5.83 Å². The van der Waals surface area contributed by atoms with Crippen molar-refractivity contribution in [1.29, 1.82) is 5.26 Å². The molecule has 1 aliphatic carbocycles. The molecule has 0 aliphatic heterocycles. The molecule has 0 N–H and O–H groups in total. The van der Waals surface area contributed by atoms with Gasteiger partial charge in [0, 0.05) is 6.42 Å². The molecule has 1 rings (SSSR count). The molecule has 0 fully saturated rings. The van der Waals surface area contributed by atoms with E-state index >= 15 is 0 Å². The zero-order valence-corrected chi connectivity index (χ0v) is 5.76. The minimum atomic E-state index is -0.188. The summed E-state index contributed by atoms with van der Waals surface area (Å²) in [6.07, 6.45) is 3.51. The van der Waals surface area contributed by atoms with E-state index in [1.807, 2.05) is 13.0 Å². The summed E-state index contributed by atoms with van der Waals surface area (Å²) in [5, 5.41) is 8.40. The summed E-state index contributed by atoms with van der Waals surface area (Å²) in [6, 6.07) is 1.91. The Morgan fingerprint density at radius 3 is 3.00 bits per heavy atom. The van der Waals surface area contributed by atoms with E-state index in [1.54, 1.807) is 6.08 Å². The van der Waals surface area contributed by atoms with E-state index in [1.165, 1.54) is 6.08 Å². The first-order chi connectivity index (χ1) is 4.72. The molecule has 0 saturated heterocycles. The van der Waals surface area contributed by atoms with E-state index in [0.29, 0.717) is 12.0 Å². The number of hydrogen-bond acceptors (Lipinski definition) is 1. The average molecular weight is 137 g/mol. The Kier molecular flexibility index (Phi) is 1.86. The number of nitrogens with zero attached hydrogens (tertiary/aromatic N) is 1. The fourth-order valence-electron chi connectivity index (χ4n) is 1.02. The highest BCUT2D eigenvalue weighted by atomic mass is 19.1. The van der Waals surface area contributed by atoms with Crippen molar-refractivity contribution in [3.63, 3.8) is 0 Å². The van der Waals surface area contributed by atoms with E-state index in [2.05, 4.69) is 0 Å². The standard InChI is InChI=1S/C8H8FN/c1-6-2-7(5-10)4-8(9)3-6/h2,4,6H,3H2,1H3/t6-/m1/s1. The molecule has 1 atom stereocenters. The van der Waals surface area contributed by atoms with Gasteiger partial charge in [-0.25, -0.2) is 4.39 Å². The fourth-order valence-corrected chi connectivity index (χ4v) is 1.02. The van der Waals surface area contributed by atoms with Crippen molar-refractivity contribution < 1.29 is 4.39 Å². The van der Waals surface area contributed by atoms with Crippen LogP contribution in [-0.2, 0) is 0 Å². The molecule has 2 heteroatoms. The van der Waals surface area contributed by atoms with Crippen LogP contribution < -0.4 is 0 Å². The van der Waals surface area contributed by atoms with E-state index in [0.717, 1.165) is 0 Å². The van der Waals surface area contributed by atoms with Crippen molar-refractivity contribution in [3.8, 4) is 6.07 Å². The number of nitriles is 1. The van der Waals surface area contributed by atoms with Gasteiger partial charge in [0.25, 0.3) is 0 Å². The van der Waals surface area contributed by atoms with E-state index in [-0.39, 0.29) is 11.7 Å². The molecular formula is C8H8FN. The second-order valence-corrected chi connectivity index (χ2v) is 2.51. The van der Waals surface area contributed by atoms with Crippen LogP contribution in [0.2, 0.25) is 0 Å². The highest BCUT2D eigenvalue weighted by molar-refractivity contribution is 5.37. The van der Waals surface area contributed by atoms with Gasteiger partial charge in [0.2, 0.25) is 0 Å². The Bertz CT molecular complexity index is 232. The van der Waals surface area contributed by atoms with Crippen LogP contribution in [0, 0.1) is 17.2 Å². The number of halogens is 1. The van der Waals surface area contributed by atoms with Gasteiger partial charge >= 0.3 is 0 Å². The van der Waals surface area contributed by atoms with Crippen molar-refractivity contribution in [2.45, 2.75) is 13.3 Å². The first kappa shape index (κ1) is 7.01. The van der Waals surface area contributed by atoms with Crippen molar-refractivity contribution in [1.82, 2.24) is 0 Å². The summed E-state index contributed by atoms with van der Waals surface area (Å²) < 4.78 is 12.5. The molecule has 10 heavy (non-hydrogen) atoms. The van der Waals surface area contributed by atoms with Gasteiger partial charge in [0.15, 0.2) is 0 Å². The maximum Gasteiger partial charge on any atom is 0.102 e. The summed E-state index contributed by atoms with van der Waals surface area (Å²) in [6.45, 7) is 1.89. The lowest BCUT2D eigenvalue weighted by molar-refractivity contribution is 0.533. The highest BCUT2D eigenvalue weighted by Crippen LogP contribution is 2.22. The normalized spacial score (nSPS) is 24.7. The number of rotatable bonds is 0. The average Bonchev–Trinajstić information content (AvgIpc) is 1.85. The third-order valence-corrected chi connectivity index (χ3v) is 1.42. The van der Waals surface area contributed by atoms with Gasteiger partial charge in [-0.1, -0.05) is 13.0 Å². The smallest absolute Gasteiger partial charge is 0.102 e. The van der Waals surface area contributed by atoms with Crippen molar-refractivity contribution in [3.05, 3.63) is 23.6 Å². The summed E-state index contributed by atoms with van der Waals surface area (Å²) >= 11 is 0. The summed E-state index contributed by atoms with van der Waals surface area (Å²) in [4.78, 5) is 0. The molecule has 0 radical (unpaired) electrons. The van der Waals surface area contributed by atoms with Crippen LogP contribution in [0.15, 0.2) is 23.6 Å². The second-order valence-electron chi connectivity index (χ2n) is 2.51. The zero-order chi connectivity index (χ0) is 7.56. The maximum absolute atomic E-state index is 12.5. The molecule has 0 bridgehead atoms. The van der Waals surface area contributed by atoms with Crippen LogP contribution in [0.25, 0.3) is 0 Å². The molecule has 0 unspecified atom stereocenters. The molecule has 0 saturated carbocycles. The molecule has 1 aliphatic rings. The largest absolute Gasteiger partial charge is 0.212 e. The molecule has 52 valence electrons. The van der Waals surface area contributed by atoms with Crippen LogP contribution in [0.5, 0.6) is 0 Å². The highest BCUT2D eigenvalue weighted by Gasteiger charge is 2.09. The van der Waals surface area contributed by atoms with Crippen molar-refractivity contribution in [2.24, 2.45) is 5.92 Å². The van der Waals surface area contributed by atoms with Crippen molar-refractivity contribution in [2.75, 3.05) is 0 Å². The fraction of sp³-hybridized carbons (Fsp3) is 0.375. The minimum absolute atomic E-state index is 0.166. The first-order valence-corrected chi connectivity index (χ1v) is 3.20. The lowest BCUT2D eigenvalue weighted by atomic mass is 9.98. The molecule has 0 aromatic heterocycles. The molecule has 0 aromatic carbocycles. The van der Waals surface area contributed by atoms with Crippen LogP contribution in [0.1, 0.15) is 13.3 Å². The SMILES string of the molecule is C[C@@H]1C=C(C#N)C=C(F)C1. The maximum atomic E-state index is 12.5. The zero-order valence-electron chi connectivity index (χ0n) is 5.76. The van der Waals surface area contributed by atoms with Crippen LogP contribution in [0.3, 0.4) is 0 Å². The Morgan fingerprint density at radius 1 is 1.80 bits per heavy atom. The predicted octanol–water partition coefficient (Wildman–Crippen LogP) is 2.33. The molecule has 0 amide bonds. The van der Waals surface area contributed by atoms with Crippen LogP contribution in [0.4, 0.5) is 4.39 Å².